The summed E-state index contributed by atoms with van der Waals surface area (Å²) >= 11 is 5.84. The van der Waals surface area contributed by atoms with E-state index in [1.807, 2.05) is 0 Å². The fourth-order valence-electron chi connectivity index (χ4n) is 2.56. The van der Waals surface area contributed by atoms with Gasteiger partial charge in [-0.2, -0.15) is 0 Å². The number of halogens is 2. The summed E-state index contributed by atoms with van der Waals surface area (Å²) in [4.78, 5) is 25.3. The minimum Gasteiger partial charge on any atom is -0.480 e. The molecular formula is C14H12ClFN4O3. The Balaban J connectivity index is 2.01. The van der Waals surface area contributed by atoms with Gasteiger partial charge in [-0.25, -0.2) is 9.18 Å². The van der Waals surface area contributed by atoms with Gasteiger partial charge in [-0.05, 0) is 19.1 Å². The molecule has 120 valence electrons. The van der Waals surface area contributed by atoms with Crippen LogP contribution in [0.2, 0.25) is 5.02 Å². The van der Waals surface area contributed by atoms with E-state index in [1.54, 1.807) is 11.5 Å². The zero-order chi connectivity index (χ0) is 16.7. The van der Waals surface area contributed by atoms with Crippen LogP contribution < -0.4 is 0 Å². The molecule has 0 aliphatic carbocycles. The van der Waals surface area contributed by atoms with Gasteiger partial charge in [-0.1, -0.05) is 17.7 Å². The number of aromatic nitrogens is 3. The fraction of sp³-hybridized carbons (Fsp3) is 0.286. The SMILES string of the molecule is Cc1nnc2n1CC(C(=O)O)N(C(=O)c1cccc(F)c1Cl)C2. The average molecular weight is 339 g/mol. The zero-order valence-electron chi connectivity index (χ0n) is 12.0. The van der Waals surface area contributed by atoms with Gasteiger partial charge >= 0.3 is 5.97 Å². The molecular weight excluding hydrogens is 327 g/mol. The van der Waals surface area contributed by atoms with Crippen molar-refractivity contribution >= 4 is 23.5 Å². The summed E-state index contributed by atoms with van der Waals surface area (Å²) in [6.45, 7) is 1.70. The van der Waals surface area contributed by atoms with Gasteiger partial charge in [0.1, 0.15) is 17.7 Å². The molecule has 1 atom stereocenters. The van der Waals surface area contributed by atoms with E-state index in [4.69, 9.17) is 11.6 Å². The molecule has 0 saturated heterocycles. The Hall–Kier alpha value is -2.48. The van der Waals surface area contributed by atoms with Crippen LogP contribution in [0.4, 0.5) is 4.39 Å². The molecule has 1 aliphatic rings. The fourth-order valence-corrected chi connectivity index (χ4v) is 2.77. The molecule has 1 aromatic carbocycles. The maximum atomic E-state index is 13.6. The summed E-state index contributed by atoms with van der Waals surface area (Å²) in [5, 5.41) is 16.9. The second-order valence-electron chi connectivity index (χ2n) is 5.16. The first-order valence-corrected chi connectivity index (χ1v) is 7.14. The summed E-state index contributed by atoms with van der Waals surface area (Å²) in [7, 11) is 0. The lowest BCUT2D eigenvalue weighted by atomic mass is 10.1. The van der Waals surface area contributed by atoms with E-state index in [9.17, 15) is 19.1 Å². The Morgan fingerprint density at radius 2 is 2.13 bits per heavy atom. The smallest absolute Gasteiger partial charge is 0.328 e. The van der Waals surface area contributed by atoms with Crippen LogP contribution in [-0.2, 0) is 17.9 Å². The van der Waals surface area contributed by atoms with E-state index in [0.29, 0.717) is 11.6 Å². The van der Waals surface area contributed by atoms with Crippen molar-refractivity contribution < 1.29 is 19.1 Å². The molecule has 1 unspecified atom stereocenters. The number of fused-ring (bicyclic) bond motifs is 1. The van der Waals surface area contributed by atoms with Crippen LogP contribution in [-0.4, -0.2) is 42.7 Å². The molecule has 1 aliphatic heterocycles. The normalized spacial score (nSPS) is 17.0. The molecule has 3 rings (SSSR count). The highest BCUT2D eigenvalue weighted by molar-refractivity contribution is 6.34. The van der Waals surface area contributed by atoms with Gasteiger partial charge in [0.25, 0.3) is 5.91 Å². The summed E-state index contributed by atoms with van der Waals surface area (Å²) in [6.07, 6.45) is 0. The molecule has 1 N–H and O–H groups in total. The predicted octanol–water partition coefficient (Wildman–Crippen LogP) is 1.49. The number of carboxylic acids is 1. The molecule has 0 spiro atoms. The third-order valence-electron chi connectivity index (χ3n) is 3.78. The molecule has 23 heavy (non-hydrogen) atoms. The highest BCUT2D eigenvalue weighted by Gasteiger charge is 2.37. The Morgan fingerprint density at radius 3 is 2.83 bits per heavy atom. The topological polar surface area (TPSA) is 88.3 Å². The van der Waals surface area contributed by atoms with Gasteiger partial charge in [-0.15, -0.1) is 10.2 Å². The second kappa shape index (κ2) is 5.62. The molecule has 0 fully saturated rings. The van der Waals surface area contributed by atoms with Crippen molar-refractivity contribution in [1.29, 1.82) is 0 Å². The van der Waals surface area contributed by atoms with Gasteiger partial charge in [0.15, 0.2) is 5.82 Å². The molecule has 0 radical (unpaired) electrons. The Bertz CT molecular complexity index is 807. The number of aliphatic carboxylic acids is 1. The number of carboxylic acid groups (broad SMARTS) is 1. The lowest BCUT2D eigenvalue weighted by Crippen LogP contribution is -2.50. The number of carbonyl (C=O) groups excluding carboxylic acids is 1. The largest absolute Gasteiger partial charge is 0.480 e. The number of carbonyl (C=O) groups is 2. The molecule has 1 aromatic heterocycles. The molecule has 9 heteroatoms. The van der Waals surface area contributed by atoms with Gasteiger partial charge in [0.2, 0.25) is 0 Å². The van der Waals surface area contributed by atoms with Crippen LogP contribution in [0.15, 0.2) is 18.2 Å². The van der Waals surface area contributed by atoms with E-state index in [0.717, 1.165) is 11.0 Å². The minimum atomic E-state index is -1.16. The van der Waals surface area contributed by atoms with E-state index in [-0.39, 0.29) is 23.7 Å². The Kier molecular flexibility index (Phi) is 3.77. The Morgan fingerprint density at radius 1 is 1.39 bits per heavy atom. The monoisotopic (exact) mass is 338 g/mol. The number of hydrogen-bond donors (Lipinski definition) is 1. The van der Waals surface area contributed by atoms with Gasteiger partial charge in [-0.3, -0.25) is 4.79 Å². The quantitative estimate of drug-likeness (QED) is 0.896. The highest BCUT2D eigenvalue weighted by Crippen LogP contribution is 2.25. The second-order valence-corrected chi connectivity index (χ2v) is 5.54. The highest BCUT2D eigenvalue weighted by atomic mass is 35.5. The number of amides is 1. The number of nitrogens with zero attached hydrogens (tertiary/aromatic N) is 4. The first-order chi connectivity index (χ1) is 10.9. The first-order valence-electron chi connectivity index (χ1n) is 6.76. The van der Waals surface area contributed by atoms with E-state index in [2.05, 4.69) is 10.2 Å². The number of benzene rings is 1. The van der Waals surface area contributed by atoms with Crippen LogP contribution in [0.5, 0.6) is 0 Å². The molecule has 1 amide bonds. The summed E-state index contributed by atoms with van der Waals surface area (Å²) < 4.78 is 15.2. The summed E-state index contributed by atoms with van der Waals surface area (Å²) in [5.41, 5.74) is -0.0809. The molecule has 2 aromatic rings. The van der Waals surface area contributed by atoms with Crippen LogP contribution >= 0.6 is 11.6 Å². The van der Waals surface area contributed by atoms with Gasteiger partial charge < -0.3 is 14.6 Å². The maximum Gasteiger partial charge on any atom is 0.328 e. The van der Waals surface area contributed by atoms with Crippen LogP contribution in [0, 0.1) is 12.7 Å². The molecule has 7 nitrogen and oxygen atoms in total. The average Bonchev–Trinajstić information content (AvgIpc) is 2.89. The number of aryl methyl sites for hydroxylation is 1. The maximum absolute atomic E-state index is 13.6. The van der Waals surface area contributed by atoms with Crippen molar-refractivity contribution in [2.45, 2.75) is 26.1 Å². The lowest BCUT2D eigenvalue weighted by molar-refractivity contribution is -0.143. The van der Waals surface area contributed by atoms with Crippen molar-refractivity contribution in [1.82, 2.24) is 19.7 Å². The first kappa shape index (κ1) is 15.4. The van der Waals surface area contributed by atoms with Crippen LogP contribution in [0.1, 0.15) is 22.0 Å². The van der Waals surface area contributed by atoms with Crippen molar-refractivity contribution in [2.75, 3.05) is 0 Å². The zero-order valence-corrected chi connectivity index (χ0v) is 12.8. The third kappa shape index (κ3) is 2.55. The van der Waals surface area contributed by atoms with E-state index >= 15 is 0 Å². The molecule has 0 bridgehead atoms. The third-order valence-corrected chi connectivity index (χ3v) is 4.17. The molecule has 0 saturated carbocycles. The van der Waals surface area contributed by atoms with Crippen LogP contribution in [0.25, 0.3) is 0 Å². The molecule has 2 heterocycles. The minimum absolute atomic E-state index is 0.0299. The predicted molar refractivity (Wildman–Crippen MR) is 77.5 cm³/mol. The van der Waals surface area contributed by atoms with Crippen molar-refractivity contribution in [3.05, 3.63) is 46.3 Å². The van der Waals surface area contributed by atoms with Crippen molar-refractivity contribution in [3.8, 4) is 0 Å². The number of hydrogen-bond acceptors (Lipinski definition) is 4. The lowest BCUT2D eigenvalue weighted by Gasteiger charge is -2.33. The Labute approximate surface area is 135 Å². The van der Waals surface area contributed by atoms with Gasteiger partial charge in [0, 0.05) is 0 Å². The van der Waals surface area contributed by atoms with Crippen molar-refractivity contribution in [3.63, 3.8) is 0 Å². The van der Waals surface area contributed by atoms with Crippen molar-refractivity contribution in [2.24, 2.45) is 0 Å². The van der Waals surface area contributed by atoms with Crippen LogP contribution in [0.3, 0.4) is 0 Å². The summed E-state index contributed by atoms with van der Waals surface area (Å²) in [5.74, 6) is -1.51. The van der Waals surface area contributed by atoms with E-state index < -0.39 is 23.7 Å². The van der Waals surface area contributed by atoms with E-state index in [1.165, 1.54) is 12.1 Å². The number of rotatable bonds is 2. The standard InChI is InChI=1S/C14H12ClFN4O3/c1-7-17-18-11-6-20(10(14(22)23)5-19(7)11)13(21)8-3-2-4-9(16)12(8)15/h2-4,10H,5-6H2,1H3,(H,22,23). The van der Waals surface area contributed by atoms with Gasteiger partial charge in [0.05, 0.1) is 23.7 Å². The summed E-state index contributed by atoms with van der Waals surface area (Å²) in [6, 6.07) is 2.73.